The van der Waals surface area contributed by atoms with Crippen molar-refractivity contribution >= 4 is 69.9 Å². The van der Waals surface area contributed by atoms with Gasteiger partial charge in [0.05, 0.1) is 0 Å². The maximum atomic E-state index is 5.56. The maximum absolute atomic E-state index is 5.56. The highest BCUT2D eigenvalue weighted by Crippen LogP contribution is 2.43. The number of nitrogens with zero attached hydrogens (tertiary/aromatic N) is 2. The van der Waals surface area contributed by atoms with Gasteiger partial charge in [-0.3, -0.25) is 0 Å². The number of rotatable bonds is 3. The van der Waals surface area contributed by atoms with Crippen molar-refractivity contribution in [2.75, 3.05) is 0 Å². The lowest BCUT2D eigenvalue weighted by atomic mass is 10.4. The van der Waals surface area contributed by atoms with Crippen LogP contribution < -0.4 is 0 Å². The molecular weight excluding hydrogens is 510 g/mol. The number of benzene rings is 2. The summed E-state index contributed by atoms with van der Waals surface area (Å²) < 4.78 is -1.26. The van der Waals surface area contributed by atoms with E-state index in [1.165, 1.54) is 16.7 Å². The monoisotopic (exact) mass is 526 g/mol. The molecular formula is C23H18Cl4N2S2. The average molecular weight is 528 g/mol. The molecule has 31 heavy (non-hydrogen) atoms. The lowest BCUT2D eigenvalue weighted by Gasteiger charge is -2.08. The van der Waals surface area contributed by atoms with E-state index in [9.17, 15) is 0 Å². The van der Waals surface area contributed by atoms with E-state index in [1.807, 2.05) is 85.1 Å². The van der Waals surface area contributed by atoms with Crippen molar-refractivity contribution in [1.82, 2.24) is 9.97 Å². The maximum Gasteiger partial charge on any atom is 0.241 e. The standard InChI is InChI=1S/C11H9NS.C7H5Cl3S.C5H4ClN/c1-2-6-10(7-3-1)13-11-8-4-5-9-12-11;8-7(9,10)11-6-4-2-1-3-5-6;6-5-3-1-2-4-7-5/h1-9H;1-5H;1-4H. The zero-order valence-corrected chi connectivity index (χ0v) is 20.8. The summed E-state index contributed by atoms with van der Waals surface area (Å²) in [6, 6.07) is 31.1. The van der Waals surface area contributed by atoms with Gasteiger partial charge < -0.3 is 0 Å². The molecule has 0 aliphatic heterocycles. The van der Waals surface area contributed by atoms with E-state index in [1.54, 1.807) is 24.0 Å². The fourth-order valence-corrected chi connectivity index (χ4v) is 4.27. The smallest absolute Gasteiger partial charge is 0.241 e. The zero-order chi connectivity index (χ0) is 22.4. The predicted molar refractivity (Wildman–Crippen MR) is 137 cm³/mol. The lowest BCUT2D eigenvalue weighted by Crippen LogP contribution is -1.92. The molecule has 4 rings (SSSR count). The number of hydrogen-bond acceptors (Lipinski definition) is 4. The molecule has 2 aromatic heterocycles. The topological polar surface area (TPSA) is 25.8 Å². The molecule has 0 spiro atoms. The zero-order valence-electron chi connectivity index (χ0n) is 16.1. The fourth-order valence-electron chi connectivity index (χ4n) is 1.98. The number of halogens is 4. The summed E-state index contributed by atoms with van der Waals surface area (Å²) in [5.74, 6) is 0. The minimum Gasteiger partial charge on any atom is -0.250 e. The van der Waals surface area contributed by atoms with Crippen LogP contribution in [0.5, 0.6) is 0 Å². The molecule has 2 aromatic carbocycles. The number of thioether (sulfide) groups is 1. The molecule has 0 saturated heterocycles. The van der Waals surface area contributed by atoms with Crippen molar-refractivity contribution in [2.45, 2.75) is 17.9 Å². The third-order valence-corrected chi connectivity index (χ3v) is 5.82. The van der Waals surface area contributed by atoms with E-state index in [-0.39, 0.29) is 0 Å². The van der Waals surface area contributed by atoms with Gasteiger partial charge in [-0.1, -0.05) is 118 Å². The van der Waals surface area contributed by atoms with Gasteiger partial charge in [-0.2, -0.15) is 0 Å². The van der Waals surface area contributed by atoms with Crippen LogP contribution >= 0.6 is 69.9 Å². The predicted octanol–water partition coefficient (Wildman–Crippen LogP) is 9.07. The van der Waals surface area contributed by atoms with Crippen LogP contribution in [0.4, 0.5) is 0 Å². The SMILES string of the molecule is ClC(Cl)(Cl)Sc1ccccc1.Clc1ccccn1.c1ccc(Sc2ccccn2)cc1. The highest BCUT2D eigenvalue weighted by molar-refractivity contribution is 8.04. The first kappa shape index (κ1) is 25.9. The molecule has 8 heteroatoms. The molecule has 0 atom stereocenters. The minimum absolute atomic E-state index is 0.544. The van der Waals surface area contributed by atoms with Gasteiger partial charge in [0.25, 0.3) is 0 Å². The van der Waals surface area contributed by atoms with Gasteiger partial charge in [-0.25, -0.2) is 9.97 Å². The van der Waals surface area contributed by atoms with Crippen LogP contribution in [0.15, 0.2) is 124 Å². The highest BCUT2D eigenvalue weighted by Gasteiger charge is 2.20. The number of pyridine rings is 2. The van der Waals surface area contributed by atoms with Crippen LogP contribution in [0, 0.1) is 0 Å². The first-order valence-corrected chi connectivity index (χ1v) is 12.1. The largest absolute Gasteiger partial charge is 0.250 e. The van der Waals surface area contributed by atoms with Crippen molar-refractivity contribution in [2.24, 2.45) is 0 Å². The third-order valence-electron chi connectivity index (χ3n) is 3.21. The quantitative estimate of drug-likeness (QED) is 0.151. The Morgan fingerprint density at radius 3 is 1.52 bits per heavy atom. The van der Waals surface area contributed by atoms with Crippen LogP contribution in [0.3, 0.4) is 0 Å². The van der Waals surface area contributed by atoms with Gasteiger partial charge in [0.2, 0.25) is 3.12 Å². The number of hydrogen-bond donors (Lipinski definition) is 0. The summed E-state index contributed by atoms with van der Waals surface area (Å²) in [6.45, 7) is 0. The normalized spacial score (nSPS) is 10.2. The van der Waals surface area contributed by atoms with Gasteiger partial charge in [-0.15, -0.1) is 0 Å². The van der Waals surface area contributed by atoms with Crippen LogP contribution in [0.2, 0.25) is 5.15 Å². The van der Waals surface area contributed by atoms with E-state index in [0.29, 0.717) is 5.15 Å². The van der Waals surface area contributed by atoms with Gasteiger partial charge in [0, 0.05) is 22.2 Å². The molecule has 0 radical (unpaired) electrons. The number of aromatic nitrogens is 2. The molecule has 0 aliphatic carbocycles. The van der Waals surface area contributed by atoms with E-state index in [0.717, 1.165) is 9.92 Å². The Bertz CT molecular complexity index is 934. The summed E-state index contributed by atoms with van der Waals surface area (Å²) in [4.78, 5) is 10.2. The van der Waals surface area contributed by atoms with Crippen LogP contribution in [0.25, 0.3) is 0 Å². The Labute approximate surface area is 211 Å². The second-order valence-corrected chi connectivity index (χ2v) is 11.3. The molecule has 2 heterocycles. The summed E-state index contributed by atoms with van der Waals surface area (Å²) in [6.07, 6.45) is 3.47. The van der Waals surface area contributed by atoms with Gasteiger partial charge in [0.15, 0.2) is 0 Å². The van der Waals surface area contributed by atoms with Gasteiger partial charge in [0.1, 0.15) is 10.2 Å². The number of alkyl halides is 3. The summed E-state index contributed by atoms with van der Waals surface area (Å²) >= 11 is 25.0. The molecule has 0 fully saturated rings. The molecule has 0 amide bonds. The molecule has 160 valence electrons. The second kappa shape index (κ2) is 14.6. The fraction of sp³-hybridized carbons (Fsp3) is 0.0435. The Morgan fingerprint density at radius 1 is 0.581 bits per heavy atom. The summed E-state index contributed by atoms with van der Waals surface area (Å²) in [5, 5.41) is 1.58. The van der Waals surface area contributed by atoms with Gasteiger partial charge >= 0.3 is 0 Å². The Morgan fingerprint density at radius 2 is 1.10 bits per heavy atom. The molecule has 0 unspecified atom stereocenters. The van der Waals surface area contributed by atoms with Crippen molar-refractivity contribution in [3.8, 4) is 0 Å². The molecule has 0 saturated carbocycles. The molecule has 0 aliphatic rings. The summed E-state index contributed by atoms with van der Waals surface area (Å²) in [5.41, 5.74) is 0. The van der Waals surface area contributed by atoms with E-state index >= 15 is 0 Å². The molecule has 0 N–H and O–H groups in total. The molecule has 2 nitrogen and oxygen atoms in total. The van der Waals surface area contributed by atoms with Crippen molar-refractivity contribution in [1.29, 1.82) is 0 Å². The average Bonchev–Trinajstić information content (AvgIpc) is 2.76. The van der Waals surface area contributed by atoms with E-state index < -0.39 is 3.12 Å². The Kier molecular flexibility index (Phi) is 12.2. The Balaban J connectivity index is 0.000000173. The van der Waals surface area contributed by atoms with Crippen molar-refractivity contribution in [3.63, 3.8) is 0 Å². The second-order valence-electron chi connectivity index (χ2n) is 5.60. The Hall–Kier alpha value is -1.40. The van der Waals surface area contributed by atoms with Crippen LogP contribution in [-0.2, 0) is 0 Å². The van der Waals surface area contributed by atoms with E-state index in [4.69, 9.17) is 46.4 Å². The van der Waals surface area contributed by atoms with Crippen molar-refractivity contribution < 1.29 is 0 Å². The van der Waals surface area contributed by atoms with Crippen LogP contribution in [0.1, 0.15) is 0 Å². The van der Waals surface area contributed by atoms with Crippen molar-refractivity contribution in [3.05, 3.63) is 115 Å². The highest BCUT2D eigenvalue weighted by atomic mass is 35.6. The summed E-state index contributed by atoms with van der Waals surface area (Å²) in [7, 11) is 0. The van der Waals surface area contributed by atoms with Crippen LogP contribution in [-0.4, -0.2) is 13.1 Å². The lowest BCUT2D eigenvalue weighted by molar-refractivity contribution is 1.13. The third kappa shape index (κ3) is 12.9. The molecule has 4 aromatic rings. The van der Waals surface area contributed by atoms with E-state index in [2.05, 4.69) is 22.1 Å². The van der Waals surface area contributed by atoms with Gasteiger partial charge in [-0.05, 0) is 48.5 Å². The minimum atomic E-state index is -1.26. The molecule has 0 bridgehead atoms. The first-order chi connectivity index (χ1) is 14.9. The first-order valence-electron chi connectivity index (χ1n) is 8.93.